The largest absolute Gasteiger partial charge is 0.379 e. The van der Waals surface area contributed by atoms with Crippen molar-refractivity contribution in [2.75, 3.05) is 44.3 Å². The lowest BCUT2D eigenvalue weighted by Crippen LogP contribution is -2.39. The topological polar surface area (TPSA) is 45.7 Å². The number of benzene rings is 2. The molecule has 0 spiro atoms. The van der Waals surface area contributed by atoms with Gasteiger partial charge in [-0.25, -0.2) is 9.37 Å². The van der Waals surface area contributed by atoms with Crippen molar-refractivity contribution in [2.45, 2.75) is 6.42 Å². The van der Waals surface area contributed by atoms with Crippen LogP contribution in [0.5, 0.6) is 0 Å². The molecule has 0 bridgehead atoms. The van der Waals surface area contributed by atoms with E-state index in [1.54, 1.807) is 4.90 Å². The third-order valence-corrected chi connectivity index (χ3v) is 6.40. The molecule has 3 aromatic rings. The van der Waals surface area contributed by atoms with Gasteiger partial charge in [-0.1, -0.05) is 27.3 Å². The molecule has 4 rings (SSSR count). The molecule has 1 amide bonds. The summed E-state index contributed by atoms with van der Waals surface area (Å²) in [5.41, 5.74) is 1.32. The predicted octanol–water partition coefficient (Wildman–Crippen LogP) is 4.57. The molecular formula is C21H21BrFN3O2S. The van der Waals surface area contributed by atoms with Crippen molar-refractivity contribution in [3.8, 4) is 0 Å². The Hall–Kier alpha value is -1.87. The Labute approximate surface area is 181 Å². The lowest BCUT2D eigenvalue weighted by molar-refractivity contribution is 0.0376. The van der Waals surface area contributed by atoms with E-state index >= 15 is 0 Å². The van der Waals surface area contributed by atoms with E-state index in [0.717, 1.165) is 54.0 Å². The summed E-state index contributed by atoms with van der Waals surface area (Å²) < 4.78 is 20.7. The highest BCUT2D eigenvalue weighted by atomic mass is 79.9. The molecule has 0 unspecified atom stereocenters. The van der Waals surface area contributed by atoms with Gasteiger partial charge in [0, 0.05) is 36.2 Å². The number of hydrogen-bond donors (Lipinski definition) is 0. The summed E-state index contributed by atoms with van der Waals surface area (Å²) in [5, 5.41) is 0.661. The van der Waals surface area contributed by atoms with Crippen molar-refractivity contribution in [2.24, 2.45) is 0 Å². The fourth-order valence-corrected chi connectivity index (χ4v) is 4.85. The van der Waals surface area contributed by atoms with Crippen LogP contribution in [0.4, 0.5) is 9.52 Å². The molecular weight excluding hydrogens is 457 g/mol. The maximum absolute atomic E-state index is 13.3. The zero-order chi connectivity index (χ0) is 20.2. The summed E-state index contributed by atoms with van der Waals surface area (Å²) >= 11 is 4.97. The highest BCUT2D eigenvalue weighted by Gasteiger charge is 2.22. The summed E-state index contributed by atoms with van der Waals surface area (Å²) in [5.74, 6) is -0.518. The number of fused-ring (bicyclic) bond motifs is 1. The second-order valence-electron chi connectivity index (χ2n) is 6.88. The SMILES string of the molecule is O=C(c1ccc(F)cc1)N(CCCN1CCOCC1)c1nc2ccc(Br)cc2s1. The average molecular weight is 478 g/mol. The smallest absolute Gasteiger partial charge is 0.260 e. The summed E-state index contributed by atoms with van der Waals surface area (Å²) in [6.07, 6.45) is 0.826. The number of thiazole rings is 1. The standard InChI is InChI=1S/C21H21BrFN3O2S/c22-16-4-7-18-19(14-16)29-21(24-18)26(9-1-8-25-10-12-28-13-11-25)20(27)15-2-5-17(23)6-3-15/h2-7,14H,1,8-13H2. The third-order valence-electron chi connectivity index (χ3n) is 4.87. The van der Waals surface area contributed by atoms with Crippen LogP contribution in [0.15, 0.2) is 46.9 Å². The first-order valence-corrected chi connectivity index (χ1v) is 11.1. The number of carbonyl (C=O) groups excluding carboxylic acids is 1. The van der Waals surface area contributed by atoms with Gasteiger partial charge in [0.15, 0.2) is 5.13 Å². The average Bonchev–Trinajstić information content (AvgIpc) is 3.15. The number of ether oxygens (including phenoxy) is 1. The molecule has 1 fully saturated rings. The summed E-state index contributed by atoms with van der Waals surface area (Å²) in [6.45, 7) is 4.79. The molecule has 29 heavy (non-hydrogen) atoms. The molecule has 152 valence electrons. The minimum absolute atomic E-state index is 0.162. The first-order valence-electron chi connectivity index (χ1n) is 9.54. The fourth-order valence-electron chi connectivity index (χ4n) is 3.31. The van der Waals surface area contributed by atoms with Crippen LogP contribution in [0.2, 0.25) is 0 Å². The lowest BCUT2D eigenvalue weighted by Gasteiger charge is -2.27. The molecule has 0 N–H and O–H groups in total. The van der Waals surface area contributed by atoms with Crippen molar-refractivity contribution in [1.29, 1.82) is 0 Å². The number of nitrogens with zero attached hydrogens (tertiary/aromatic N) is 3. The molecule has 1 aromatic heterocycles. The van der Waals surface area contributed by atoms with E-state index in [4.69, 9.17) is 4.74 Å². The van der Waals surface area contributed by atoms with Crippen LogP contribution in [0.1, 0.15) is 16.8 Å². The van der Waals surface area contributed by atoms with Crippen LogP contribution in [-0.4, -0.2) is 55.2 Å². The van der Waals surface area contributed by atoms with Gasteiger partial charge >= 0.3 is 0 Å². The Morgan fingerprint density at radius 2 is 1.97 bits per heavy atom. The van der Waals surface area contributed by atoms with Crippen molar-refractivity contribution in [1.82, 2.24) is 9.88 Å². The van der Waals surface area contributed by atoms with Crippen LogP contribution < -0.4 is 4.90 Å². The number of carbonyl (C=O) groups is 1. The lowest BCUT2D eigenvalue weighted by atomic mass is 10.2. The maximum atomic E-state index is 13.3. The molecule has 1 saturated heterocycles. The van der Waals surface area contributed by atoms with Crippen LogP contribution in [0, 0.1) is 5.82 Å². The van der Waals surface area contributed by atoms with E-state index in [0.29, 0.717) is 17.2 Å². The van der Waals surface area contributed by atoms with E-state index in [-0.39, 0.29) is 11.7 Å². The summed E-state index contributed by atoms with van der Waals surface area (Å²) in [6, 6.07) is 11.6. The summed E-state index contributed by atoms with van der Waals surface area (Å²) in [7, 11) is 0. The summed E-state index contributed by atoms with van der Waals surface area (Å²) in [4.78, 5) is 21.9. The quantitative estimate of drug-likeness (QED) is 0.521. The Kier molecular flexibility index (Phi) is 6.54. The van der Waals surface area contributed by atoms with E-state index in [9.17, 15) is 9.18 Å². The third kappa shape index (κ3) is 5.01. The molecule has 2 aromatic carbocycles. The number of anilines is 1. The van der Waals surface area contributed by atoms with Crippen LogP contribution in [0.3, 0.4) is 0 Å². The monoisotopic (exact) mass is 477 g/mol. The van der Waals surface area contributed by atoms with E-state index < -0.39 is 0 Å². The van der Waals surface area contributed by atoms with Gasteiger partial charge < -0.3 is 4.74 Å². The molecule has 1 aliphatic rings. The Morgan fingerprint density at radius 3 is 2.72 bits per heavy atom. The van der Waals surface area contributed by atoms with Crippen molar-refractivity contribution in [3.05, 3.63) is 58.3 Å². The fraction of sp³-hybridized carbons (Fsp3) is 0.333. The van der Waals surface area contributed by atoms with E-state index in [2.05, 4.69) is 25.8 Å². The second kappa shape index (κ2) is 9.30. The highest BCUT2D eigenvalue weighted by molar-refractivity contribution is 9.10. The maximum Gasteiger partial charge on any atom is 0.260 e. The Balaban J connectivity index is 1.56. The molecule has 2 heterocycles. The van der Waals surface area contributed by atoms with Gasteiger partial charge in [0.25, 0.3) is 5.91 Å². The second-order valence-corrected chi connectivity index (χ2v) is 8.80. The molecule has 0 radical (unpaired) electrons. The number of aromatic nitrogens is 1. The van der Waals surface area contributed by atoms with Crippen LogP contribution >= 0.6 is 27.3 Å². The predicted molar refractivity (Wildman–Crippen MR) is 117 cm³/mol. The van der Waals surface area contributed by atoms with Crippen molar-refractivity contribution < 1.29 is 13.9 Å². The van der Waals surface area contributed by atoms with Crippen molar-refractivity contribution in [3.63, 3.8) is 0 Å². The molecule has 8 heteroatoms. The van der Waals surface area contributed by atoms with Gasteiger partial charge in [-0.15, -0.1) is 0 Å². The first-order chi connectivity index (χ1) is 14.1. The van der Waals surface area contributed by atoms with Crippen LogP contribution in [0.25, 0.3) is 10.2 Å². The van der Waals surface area contributed by atoms with Gasteiger partial charge in [-0.3, -0.25) is 14.6 Å². The number of amides is 1. The Bertz CT molecular complexity index is 989. The van der Waals surface area contributed by atoms with Crippen molar-refractivity contribution >= 4 is 48.5 Å². The number of morpholine rings is 1. The number of halogens is 2. The zero-order valence-corrected chi connectivity index (χ0v) is 18.2. The van der Waals surface area contributed by atoms with Gasteiger partial charge in [-0.05, 0) is 48.9 Å². The van der Waals surface area contributed by atoms with Gasteiger partial charge in [0.05, 0.1) is 23.4 Å². The van der Waals surface area contributed by atoms with E-state index in [1.807, 2.05) is 18.2 Å². The molecule has 0 aliphatic carbocycles. The van der Waals surface area contributed by atoms with Gasteiger partial charge in [0.2, 0.25) is 0 Å². The Morgan fingerprint density at radius 1 is 1.21 bits per heavy atom. The van der Waals surface area contributed by atoms with Gasteiger partial charge in [0.1, 0.15) is 5.82 Å². The first kappa shape index (κ1) is 20.4. The van der Waals surface area contributed by atoms with Gasteiger partial charge in [-0.2, -0.15) is 0 Å². The molecule has 0 saturated carbocycles. The number of rotatable bonds is 6. The molecule has 5 nitrogen and oxygen atoms in total. The number of hydrogen-bond acceptors (Lipinski definition) is 5. The zero-order valence-electron chi connectivity index (χ0n) is 15.8. The minimum Gasteiger partial charge on any atom is -0.379 e. The van der Waals surface area contributed by atoms with E-state index in [1.165, 1.54) is 35.6 Å². The minimum atomic E-state index is -0.356. The molecule has 1 aliphatic heterocycles. The van der Waals surface area contributed by atoms with Crippen LogP contribution in [-0.2, 0) is 4.74 Å². The molecule has 0 atom stereocenters. The normalized spacial score (nSPS) is 15.0. The highest BCUT2D eigenvalue weighted by Crippen LogP contribution is 2.31.